The highest BCUT2D eigenvalue weighted by molar-refractivity contribution is 5.88. The van der Waals surface area contributed by atoms with Crippen LogP contribution in [0.1, 0.15) is 43.2 Å². The highest BCUT2D eigenvalue weighted by Gasteiger charge is 2.45. The second-order valence-electron chi connectivity index (χ2n) is 8.35. The molecule has 0 spiro atoms. The molecule has 0 heterocycles. The zero-order chi connectivity index (χ0) is 22.0. The molecule has 2 aromatic carbocycles. The monoisotopic (exact) mass is 422 g/mol. The Balaban J connectivity index is 1.36. The molecule has 2 aliphatic rings. The number of carboxylic acids is 1. The number of ether oxygens (including phenoxy) is 1. The summed E-state index contributed by atoms with van der Waals surface area (Å²) < 4.78 is 5.53. The molecule has 4 rings (SSSR count). The molecule has 0 radical (unpaired) electrons. The molecule has 3 N–H and O–H groups in total. The summed E-state index contributed by atoms with van der Waals surface area (Å²) in [5, 5.41) is 14.2. The van der Waals surface area contributed by atoms with Crippen molar-refractivity contribution in [3.05, 3.63) is 59.7 Å². The molecule has 2 amide bonds. The maximum absolute atomic E-state index is 12.5. The van der Waals surface area contributed by atoms with Crippen LogP contribution in [0.5, 0.6) is 0 Å². The van der Waals surface area contributed by atoms with Gasteiger partial charge < -0.3 is 20.5 Å². The minimum Gasteiger partial charge on any atom is -0.480 e. The van der Waals surface area contributed by atoms with Crippen LogP contribution in [0.25, 0.3) is 11.1 Å². The predicted molar refractivity (Wildman–Crippen MR) is 115 cm³/mol. The van der Waals surface area contributed by atoms with Gasteiger partial charge in [0.25, 0.3) is 0 Å². The fraction of sp³-hybridized carbons (Fsp3) is 0.375. The summed E-state index contributed by atoms with van der Waals surface area (Å²) in [5.41, 5.74) is 3.81. The van der Waals surface area contributed by atoms with Crippen molar-refractivity contribution in [3.8, 4) is 11.1 Å². The average Bonchev–Trinajstić information content (AvgIpc) is 3.05. The van der Waals surface area contributed by atoms with Crippen LogP contribution >= 0.6 is 0 Å². The van der Waals surface area contributed by atoms with E-state index in [-0.39, 0.29) is 25.0 Å². The minimum atomic E-state index is -1.09. The lowest BCUT2D eigenvalue weighted by Gasteiger charge is -2.40. The molecule has 1 atom stereocenters. The molecule has 162 valence electrons. The van der Waals surface area contributed by atoms with Crippen LogP contribution in [0.4, 0.5) is 4.79 Å². The van der Waals surface area contributed by atoms with Gasteiger partial charge in [0.2, 0.25) is 5.91 Å². The van der Waals surface area contributed by atoms with Gasteiger partial charge in [0.05, 0.1) is 5.41 Å². The van der Waals surface area contributed by atoms with Crippen molar-refractivity contribution in [2.75, 3.05) is 13.2 Å². The van der Waals surface area contributed by atoms with Crippen molar-refractivity contribution >= 4 is 18.0 Å². The Hall–Kier alpha value is -3.35. The van der Waals surface area contributed by atoms with Crippen LogP contribution in [-0.2, 0) is 14.3 Å². The van der Waals surface area contributed by atoms with Gasteiger partial charge in [0.1, 0.15) is 12.6 Å². The Kier molecular flexibility index (Phi) is 5.67. The number of alkyl carbamates (subject to hydrolysis) is 1. The van der Waals surface area contributed by atoms with Gasteiger partial charge in [-0.05, 0) is 42.0 Å². The predicted octanol–water partition coefficient (Wildman–Crippen LogP) is 3.28. The van der Waals surface area contributed by atoms with E-state index < -0.39 is 23.5 Å². The molecule has 0 aliphatic heterocycles. The molecule has 1 fully saturated rings. The van der Waals surface area contributed by atoms with Crippen LogP contribution in [0, 0.1) is 5.41 Å². The highest BCUT2D eigenvalue weighted by atomic mass is 16.5. The fourth-order valence-electron chi connectivity index (χ4n) is 4.39. The number of carboxylic acid groups (broad SMARTS) is 1. The number of carbonyl (C=O) groups excluding carboxylic acids is 2. The van der Waals surface area contributed by atoms with Crippen LogP contribution in [0.3, 0.4) is 0 Å². The van der Waals surface area contributed by atoms with E-state index in [2.05, 4.69) is 34.9 Å². The van der Waals surface area contributed by atoms with E-state index in [1.807, 2.05) is 24.3 Å². The number of hydrogen-bond acceptors (Lipinski definition) is 4. The van der Waals surface area contributed by atoms with Gasteiger partial charge in [-0.25, -0.2) is 4.79 Å². The lowest BCUT2D eigenvalue weighted by Crippen LogP contribution is -2.55. The fourth-order valence-corrected chi connectivity index (χ4v) is 4.39. The second kappa shape index (κ2) is 8.41. The first-order valence-corrected chi connectivity index (χ1v) is 10.5. The van der Waals surface area contributed by atoms with E-state index in [0.717, 1.165) is 28.7 Å². The van der Waals surface area contributed by atoms with Crippen molar-refractivity contribution in [1.82, 2.24) is 10.6 Å². The molecule has 31 heavy (non-hydrogen) atoms. The average molecular weight is 422 g/mol. The first-order chi connectivity index (χ1) is 14.9. The molecule has 2 aliphatic carbocycles. The van der Waals surface area contributed by atoms with Crippen LogP contribution in [-0.4, -0.2) is 42.3 Å². The quantitative estimate of drug-likeness (QED) is 0.635. The lowest BCUT2D eigenvalue weighted by atomic mass is 9.68. The molecule has 1 saturated carbocycles. The van der Waals surface area contributed by atoms with E-state index in [1.54, 1.807) is 0 Å². The minimum absolute atomic E-state index is 0.0319. The van der Waals surface area contributed by atoms with Crippen molar-refractivity contribution in [2.45, 2.75) is 38.1 Å². The van der Waals surface area contributed by atoms with Gasteiger partial charge >= 0.3 is 12.1 Å². The number of hydrogen-bond donors (Lipinski definition) is 3. The summed E-state index contributed by atoms with van der Waals surface area (Å²) in [4.78, 5) is 36.0. The zero-order valence-electron chi connectivity index (χ0n) is 17.4. The van der Waals surface area contributed by atoms with Crippen molar-refractivity contribution in [3.63, 3.8) is 0 Å². The van der Waals surface area contributed by atoms with Gasteiger partial charge in [0.15, 0.2) is 0 Å². The first kappa shape index (κ1) is 20.9. The van der Waals surface area contributed by atoms with Gasteiger partial charge in [-0.2, -0.15) is 0 Å². The Morgan fingerprint density at radius 2 is 1.65 bits per heavy atom. The summed E-state index contributed by atoms with van der Waals surface area (Å²) >= 11 is 0. The van der Waals surface area contributed by atoms with Crippen molar-refractivity contribution in [2.24, 2.45) is 5.41 Å². The number of fused-ring (bicyclic) bond motifs is 3. The smallest absolute Gasteiger partial charge is 0.407 e. The number of rotatable bonds is 7. The normalized spacial score (nSPS) is 16.9. The maximum atomic E-state index is 12.5. The summed E-state index contributed by atoms with van der Waals surface area (Å²) in [6, 6.07) is 15.2. The Bertz CT molecular complexity index is 969. The largest absolute Gasteiger partial charge is 0.480 e. The van der Waals surface area contributed by atoms with E-state index in [9.17, 15) is 14.4 Å². The molecule has 0 bridgehead atoms. The Morgan fingerprint density at radius 3 is 2.16 bits per heavy atom. The number of nitrogens with one attached hydrogen (secondary N) is 2. The second-order valence-corrected chi connectivity index (χ2v) is 8.35. The molecule has 0 aromatic heterocycles. The van der Waals surface area contributed by atoms with Gasteiger partial charge in [-0.1, -0.05) is 55.0 Å². The van der Waals surface area contributed by atoms with Crippen LogP contribution in [0.15, 0.2) is 48.5 Å². The summed E-state index contributed by atoms with van der Waals surface area (Å²) in [6.45, 7) is 1.75. The number of benzene rings is 2. The Morgan fingerprint density at radius 1 is 1.06 bits per heavy atom. The van der Waals surface area contributed by atoms with Crippen molar-refractivity contribution < 1.29 is 24.2 Å². The topological polar surface area (TPSA) is 105 Å². The van der Waals surface area contributed by atoms with Crippen molar-refractivity contribution in [1.29, 1.82) is 0 Å². The number of amides is 2. The maximum Gasteiger partial charge on any atom is 0.407 e. The van der Waals surface area contributed by atoms with E-state index in [4.69, 9.17) is 9.84 Å². The van der Waals surface area contributed by atoms with Gasteiger partial charge in [0, 0.05) is 12.5 Å². The molecular formula is C24H26N2O5. The highest BCUT2D eigenvalue weighted by Crippen LogP contribution is 2.44. The third kappa shape index (κ3) is 4.00. The standard InChI is InChI=1S/C24H26N2O5/c1-15(21(27)28)26-22(29)24(11-6-12-24)14-25-23(30)31-13-20-18-9-4-2-7-16(18)17-8-3-5-10-19(17)20/h2-5,7-10,15,20H,6,11-14H2,1H3,(H,25,30)(H,26,29)(H,27,28). The number of carbonyl (C=O) groups is 3. The Labute approximate surface area is 180 Å². The van der Waals surface area contributed by atoms with E-state index in [0.29, 0.717) is 12.8 Å². The lowest BCUT2D eigenvalue weighted by molar-refractivity contribution is -0.145. The van der Waals surface area contributed by atoms with Crippen LogP contribution < -0.4 is 10.6 Å². The molecular weight excluding hydrogens is 396 g/mol. The third-order valence-corrected chi connectivity index (χ3v) is 6.43. The molecule has 7 heteroatoms. The SMILES string of the molecule is CC(NC(=O)C1(CNC(=O)OCC2c3ccccc3-c3ccccc32)CCC1)C(=O)O. The molecule has 7 nitrogen and oxygen atoms in total. The van der Waals surface area contributed by atoms with E-state index in [1.165, 1.54) is 6.92 Å². The third-order valence-electron chi connectivity index (χ3n) is 6.43. The van der Waals surface area contributed by atoms with E-state index >= 15 is 0 Å². The summed E-state index contributed by atoms with van der Waals surface area (Å²) in [6.07, 6.45) is 1.50. The zero-order valence-corrected chi connectivity index (χ0v) is 17.4. The summed E-state index contributed by atoms with van der Waals surface area (Å²) in [7, 11) is 0. The summed E-state index contributed by atoms with van der Waals surface area (Å²) in [5.74, 6) is -1.46. The molecule has 0 saturated heterocycles. The van der Waals surface area contributed by atoms with Gasteiger partial charge in [-0.15, -0.1) is 0 Å². The first-order valence-electron chi connectivity index (χ1n) is 10.5. The number of aliphatic carboxylic acids is 1. The molecule has 2 aromatic rings. The van der Waals surface area contributed by atoms with Gasteiger partial charge in [-0.3, -0.25) is 9.59 Å². The molecule has 1 unspecified atom stereocenters. The van der Waals surface area contributed by atoms with Crippen LogP contribution in [0.2, 0.25) is 0 Å².